The summed E-state index contributed by atoms with van der Waals surface area (Å²) in [4.78, 5) is 18.1. The van der Waals surface area contributed by atoms with E-state index in [-0.39, 0.29) is 20.8 Å². The number of hydrogen-bond donors (Lipinski definition) is 0. The maximum atomic E-state index is 13.9. The molecule has 37 heavy (non-hydrogen) atoms. The van der Waals surface area contributed by atoms with Crippen LogP contribution in [-0.2, 0) is 20.0 Å². The predicted octanol–water partition coefficient (Wildman–Crippen LogP) is 3.41. The molecule has 2 heterocycles. The van der Waals surface area contributed by atoms with Crippen LogP contribution in [0.1, 0.15) is 19.9 Å². The second-order valence-electron chi connectivity index (χ2n) is 8.55. The SMILES string of the molecule is CC(C)n1c(=O)n(S(=O)(=O)c2ccccc2)/c(=N/S(=O)(=O)c2ccccc2)c2c3cccccc-3nc21. The Morgan fingerprint density at radius 2 is 1.30 bits per heavy atom. The van der Waals surface area contributed by atoms with Crippen LogP contribution in [0.3, 0.4) is 0 Å². The van der Waals surface area contributed by atoms with Gasteiger partial charge in [0.15, 0.2) is 5.49 Å². The molecule has 1 aliphatic heterocycles. The van der Waals surface area contributed by atoms with Gasteiger partial charge in [0.2, 0.25) is 0 Å². The van der Waals surface area contributed by atoms with E-state index in [1.807, 2.05) is 0 Å². The maximum Gasteiger partial charge on any atom is 0.345 e. The Hall–Kier alpha value is -4.09. The smallest absolute Gasteiger partial charge is 0.274 e. The molecule has 0 amide bonds. The van der Waals surface area contributed by atoms with Crippen LogP contribution in [0.25, 0.3) is 22.3 Å². The van der Waals surface area contributed by atoms with E-state index in [4.69, 9.17) is 0 Å². The third-order valence-electron chi connectivity index (χ3n) is 5.80. The van der Waals surface area contributed by atoms with Gasteiger partial charge in [0.25, 0.3) is 20.0 Å². The van der Waals surface area contributed by atoms with Gasteiger partial charge in [-0.05, 0) is 44.2 Å². The highest BCUT2D eigenvalue weighted by Gasteiger charge is 2.29. The molecular formula is C26H22N4O5S2. The van der Waals surface area contributed by atoms with Gasteiger partial charge in [-0.1, -0.05) is 60.7 Å². The average Bonchev–Trinajstić information content (AvgIpc) is 3.06. The van der Waals surface area contributed by atoms with Crippen molar-refractivity contribution >= 4 is 31.1 Å². The molecule has 1 aliphatic carbocycles. The molecule has 2 aliphatic rings. The van der Waals surface area contributed by atoms with Gasteiger partial charge in [-0.3, -0.25) is 4.57 Å². The maximum absolute atomic E-state index is 13.9. The molecule has 0 spiro atoms. The summed E-state index contributed by atoms with van der Waals surface area (Å²) in [6.45, 7) is 3.44. The van der Waals surface area contributed by atoms with Gasteiger partial charge in [0, 0.05) is 11.6 Å². The van der Waals surface area contributed by atoms with Crippen molar-refractivity contribution in [3.8, 4) is 11.3 Å². The third-order valence-corrected chi connectivity index (χ3v) is 8.76. The molecule has 0 saturated carbocycles. The fraction of sp³-hybridized carbons (Fsp3) is 0.115. The van der Waals surface area contributed by atoms with Crippen molar-refractivity contribution in [2.75, 3.05) is 0 Å². The standard InChI is InChI=1S/C26H22N4O5S2/c1-18(2)29-24-23(21-16-10-5-11-17-22(21)27-24)25(28-36(32,33)19-12-6-3-7-13-19)30(26(29)31)37(34,35)20-14-8-4-9-15-20/h3-18H,1-2H3/b28-25+. The van der Waals surface area contributed by atoms with Crippen molar-refractivity contribution in [1.82, 2.24) is 13.5 Å². The van der Waals surface area contributed by atoms with Gasteiger partial charge in [-0.15, -0.1) is 4.40 Å². The highest BCUT2D eigenvalue weighted by molar-refractivity contribution is 7.90. The van der Waals surface area contributed by atoms with E-state index in [1.54, 1.807) is 56.3 Å². The molecule has 0 N–H and O–H groups in total. The highest BCUT2D eigenvalue weighted by Crippen LogP contribution is 2.29. The number of rotatable bonds is 5. The first kappa shape index (κ1) is 24.6. The molecular weight excluding hydrogens is 512 g/mol. The molecule has 0 radical (unpaired) electrons. The summed E-state index contributed by atoms with van der Waals surface area (Å²) in [7, 11) is -8.99. The largest absolute Gasteiger partial charge is 0.345 e. The number of benzene rings is 2. The number of nitrogens with zero attached hydrogens (tertiary/aromatic N) is 4. The van der Waals surface area contributed by atoms with E-state index in [9.17, 15) is 21.6 Å². The van der Waals surface area contributed by atoms with E-state index < -0.39 is 37.3 Å². The van der Waals surface area contributed by atoms with Crippen molar-refractivity contribution < 1.29 is 16.8 Å². The van der Waals surface area contributed by atoms with E-state index in [0.717, 1.165) is 0 Å². The molecule has 0 bridgehead atoms. The summed E-state index contributed by atoms with van der Waals surface area (Å²) in [5, 5.41) is 0.138. The first-order chi connectivity index (χ1) is 17.6. The van der Waals surface area contributed by atoms with Crippen molar-refractivity contribution in [3.63, 3.8) is 0 Å². The van der Waals surface area contributed by atoms with Gasteiger partial charge in [0.05, 0.1) is 20.9 Å². The summed E-state index contributed by atoms with van der Waals surface area (Å²) < 4.78 is 60.3. The number of sulfonamides is 1. The minimum atomic E-state index is -4.57. The zero-order valence-electron chi connectivity index (χ0n) is 19.9. The fourth-order valence-corrected chi connectivity index (χ4v) is 6.56. The van der Waals surface area contributed by atoms with Crippen molar-refractivity contribution in [2.24, 2.45) is 4.40 Å². The Balaban J connectivity index is 2.08. The van der Waals surface area contributed by atoms with Crippen molar-refractivity contribution in [1.29, 1.82) is 0 Å². The highest BCUT2D eigenvalue weighted by atomic mass is 32.2. The van der Waals surface area contributed by atoms with Crippen LogP contribution in [-0.4, -0.2) is 30.4 Å². The molecule has 11 heteroatoms. The summed E-state index contributed by atoms with van der Waals surface area (Å²) in [6, 6.07) is 22.9. The minimum Gasteiger partial charge on any atom is -0.274 e. The third kappa shape index (κ3) is 4.15. The minimum absolute atomic E-state index is 0.138. The summed E-state index contributed by atoms with van der Waals surface area (Å²) >= 11 is 0. The lowest BCUT2D eigenvalue weighted by molar-refractivity contribution is 0.550. The van der Waals surface area contributed by atoms with Crippen LogP contribution in [0.4, 0.5) is 0 Å². The molecule has 0 saturated heterocycles. The normalized spacial score (nSPS) is 13.0. The first-order valence-corrected chi connectivity index (χ1v) is 14.2. The molecule has 188 valence electrons. The second kappa shape index (κ2) is 9.09. The van der Waals surface area contributed by atoms with Crippen LogP contribution in [0.15, 0.2) is 110 Å². The molecule has 1 aromatic heterocycles. The van der Waals surface area contributed by atoms with Gasteiger partial charge >= 0.3 is 5.69 Å². The van der Waals surface area contributed by atoms with Crippen LogP contribution in [0.5, 0.6) is 0 Å². The molecule has 9 nitrogen and oxygen atoms in total. The Bertz CT molecular complexity index is 1950. The molecule has 0 unspecified atom stereocenters. The molecule has 0 atom stereocenters. The van der Waals surface area contributed by atoms with Crippen molar-refractivity contribution in [2.45, 2.75) is 29.7 Å². The van der Waals surface area contributed by atoms with Gasteiger partial charge in [-0.25, -0.2) is 18.2 Å². The number of fused-ring (bicyclic) bond motifs is 3. The monoisotopic (exact) mass is 534 g/mol. The summed E-state index contributed by atoms with van der Waals surface area (Å²) in [6.07, 6.45) is 0. The second-order valence-corrected chi connectivity index (χ2v) is 11.9. The Morgan fingerprint density at radius 1 is 0.757 bits per heavy atom. The number of hydrogen-bond acceptors (Lipinski definition) is 6. The summed E-state index contributed by atoms with van der Waals surface area (Å²) in [5.41, 5.74) is -0.452. The molecule has 0 fully saturated rings. The topological polar surface area (TPSA) is 120 Å². The Labute approximate surface area is 213 Å². The van der Waals surface area contributed by atoms with Crippen LogP contribution in [0.2, 0.25) is 0 Å². The van der Waals surface area contributed by atoms with Crippen LogP contribution in [0, 0.1) is 0 Å². The lowest BCUT2D eigenvalue weighted by Gasteiger charge is -2.16. The average molecular weight is 535 g/mol. The van der Waals surface area contributed by atoms with E-state index >= 15 is 0 Å². The van der Waals surface area contributed by atoms with E-state index in [1.165, 1.54) is 53.1 Å². The quantitative estimate of drug-likeness (QED) is 0.341. The Morgan fingerprint density at radius 3 is 1.89 bits per heavy atom. The van der Waals surface area contributed by atoms with Gasteiger partial charge in [0.1, 0.15) is 5.65 Å². The fourth-order valence-electron chi connectivity index (χ4n) is 4.13. The van der Waals surface area contributed by atoms with Gasteiger partial charge < -0.3 is 0 Å². The van der Waals surface area contributed by atoms with Crippen LogP contribution < -0.4 is 11.2 Å². The van der Waals surface area contributed by atoms with E-state index in [2.05, 4.69) is 9.38 Å². The molecule has 2 aromatic carbocycles. The first-order valence-electron chi connectivity index (χ1n) is 11.4. The summed E-state index contributed by atoms with van der Waals surface area (Å²) in [5.74, 6) is 0. The molecule has 5 rings (SSSR count). The van der Waals surface area contributed by atoms with Gasteiger partial charge in [-0.2, -0.15) is 12.4 Å². The predicted molar refractivity (Wildman–Crippen MR) is 139 cm³/mol. The Kier molecular flexibility index (Phi) is 6.04. The van der Waals surface area contributed by atoms with E-state index in [0.29, 0.717) is 15.2 Å². The lowest BCUT2D eigenvalue weighted by atomic mass is 10.2. The van der Waals surface area contributed by atoms with Crippen molar-refractivity contribution in [3.05, 3.63) is 107 Å². The zero-order valence-corrected chi connectivity index (χ0v) is 21.5. The zero-order chi connectivity index (χ0) is 26.4. The van der Waals surface area contributed by atoms with Crippen LogP contribution >= 0.6 is 0 Å². The number of aromatic nitrogens is 3. The molecule has 3 aromatic rings. The lowest BCUT2D eigenvalue weighted by Crippen LogP contribution is -2.45.